The van der Waals surface area contributed by atoms with Gasteiger partial charge in [-0.1, -0.05) is 12.7 Å². The molecular weight excluding hydrogens is 182 g/mol. The lowest BCUT2D eigenvalue weighted by Gasteiger charge is -1.99. The van der Waals surface area contributed by atoms with Crippen LogP contribution in [0.4, 0.5) is 0 Å². The molecule has 4 nitrogen and oxygen atoms in total. The molecule has 0 aliphatic rings. The molecule has 0 aromatic rings. The molecule has 0 rings (SSSR count). The smallest absolute Gasteiger partial charge is 0.337 e. The maximum atomic E-state index is 11.0. The second kappa shape index (κ2) is 6.77. The summed E-state index contributed by atoms with van der Waals surface area (Å²) in [6.45, 7) is 7.16. The van der Waals surface area contributed by atoms with Gasteiger partial charge in [-0.3, -0.25) is 0 Å². The van der Waals surface area contributed by atoms with Crippen molar-refractivity contribution in [2.45, 2.75) is 13.8 Å². The van der Waals surface area contributed by atoms with Crippen molar-refractivity contribution >= 4 is 5.97 Å². The molecule has 0 saturated carbocycles. The van der Waals surface area contributed by atoms with E-state index in [4.69, 9.17) is 0 Å². The van der Waals surface area contributed by atoms with E-state index in [1.807, 2.05) is 0 Å². The fourth-order valence-electron chi connectivity index (χ4n) is 0.657. The second-order valence-corrected chi connectivity index (χ2v) is 2.38. The van der Waals surface area contributed by atoms with E-state index in [9.17, 15) is 9.70 Å². The molecule has 0 aliphatic heterocycles. The van der Waals surface area contributed by atoms with Crippen LogP contribution in [0.3, 0.4) is 0 Å². The van der Waals surface area contributed by atoms with E-state index in [0.29, 0.717) is 6.61 Å². The number of esters is 1. The molecule has 0 saturated heterocycles. The molecule has 0 atom stereocenters. The minimum atomic E-state index is -0.495. The van der Waals surface area contributed by atoms with E-state index >= 15 is 0 Å². The van der Waals surface area contributed by atoms with Crippen LogP contribution in [0.15, 0.2) is 41.3 Å². The number of ether oxygens (including phenoxy) is 1. The Labute approximate surface area is 82.9 Å². The Morgan fingerprint density at radius 2 is 2.14 bits per heavy atom. The van der Waals surface area contributed by atoms with Crippen LogP contribution in [0.25, 0.3) is 0 Å². The van der Waals surface area contributed by atoms with Gasteiger partial charge in [0.15, 0.2) is 0 Å². The number of nitroso groups, excluding NO2 is 1. The van der Waals surface area contributed by atoms with E-state index < -0.39 is 5.97 Å². The summed E-state index contributed by atoms with van der Waals surface area (Å²) in [6.07, 6.45) is 4.34. The monoisotopic (exact) mass is 195 g/mol. The molecule has 0 heterocycles. The number of hydrogen-bond donors (Lipinski definition) is 0. The van der Waals surface area contributed by atoms with E-state index in [-0.39, 0.29) is 11.3 Å². The Kier molecular flexibility index (Phi) is 5.94. The van der Waals surface area contributed by atoms with Gasteiger partial charge in [-0.2, -0.15) is 0 Å². The summed E-state index contributed by atoms with van der Waals surface area (Å²) in [6, 6.07) is 0. The second-order valence-electron chi connectivity index (χ2n) is 2.38. The van der Waals surface area contributed by atoms with Crippen molar-refractivity contribution in [3.63, 3.8) is 0 Å². The minimum absolute atomic E-state index is 0.190. The molecule has 0 fully saturated rings. The lowest BCUT2D eigenvalue weighted by Crippen LogP contribution is -2.04. The van der Waals surface area contributed by atoms with E-state index in [1.54, 1.807) is 13.8 Å². The van der Waals surface area contributed by atoms with Crippen LogP contribution in [0.5, 0.6) is 0 Å². The molecule has 76 valence electrons. The Bertz CT molecular complexity index is 290. The molecule has 0 spiro atoms. The molecular formula is C10H13NO3. The quantitative estimate of drug-likeness (QED) is 0.293. The lowest BCUT2D eigenvalue weighted by molar-refractivity contribution is -0.138. The van der Waals surface area contributed by atoms with Gasteiger partial charge in [0, 0.05) is 0 Å². The van der Waals surface area contributed by atoms with Crippen molar-refractivity contribution in [2.24, 2.45) is 5.18 Å². The van der Waals surface area contributed by atoms with Crippen LogP contribution in [0.1, 0.15) is 13.8 Å². The predicted molar refractivity (Wildman–Crippen MR) is 54.5 cm³/mol. The number of rotatable bonds is 5. The van der Waals surface area contributed by atoms with Gasteiger partial charge in [0.25, 0.3) is 0 Å². The van der Waals surface area contributed by atoms with E-state index in [1.165, 1.54) is 18.2 Å². The van der Waals surface area contributed by atoms with Crippen molar-refractivity contribution in [3.05, 3.63) is 41.0 Å². The van der Waals surface area contributed by atoms with Gasteiger partial charge < -0.3 is 4.74 Å². The largest absolute Gasteiger partial charge is 0.462 e. The highest BCUT2D eigenvalue weighted by atomic mass is 16.5. The molecule has 0 aliphatic carbocycles. The van der Waals surface area contributed by atoms with Gasteiger partial charge in [0.1, 0.15) is 5.70 Å². The van der Waals surface area contributed by atoms with Crippen molar-refractivity contribution in [3.8, 4) is 0 Å². The zero-order valence-electron chi connectivity index (χ0n) is 8.32. The van der Waals surface area contributed by atoms with Gasteiger partial charge in [0.2, 0.25) is 0 Å². The van der Waals surface area contributed by atoms with Crippen molar-refractivity contribution in [1.82, 2.24) is 0 Å². The maximum Gasteiger partial charge on any atom is 0.337 e. The summed E-state index contributed by atoms with van der Waals surface area (Å²) < 4.78 is 4.69. The zero-order valence-corrected chi connectivity index (χ0v) is 8.32. The fraction of sp³-hybridized carbons (Fsp3) is 0.300. The standard InChI is InChI=1S/C10H13NO3/c1-4-9(11-13)7-6-8(3)10(12)14-5-2/h4,6-7H,3,5H2,1-2H3. The number of carbonyl (C=O) groups is 1. The summed E-state index contributed by atoms with van der Waals surface area (Å²) in [7, 11) is 0. The molecule has 14 heavy (non-hydrogen) atoms. The van der Waals surface area contributed by atoms with Crippen LogP contribution in [-0.2, 0) is 9.53 Å². The van der Waals surface area contributed by atoms with Crippen LogP contribution in [-0.4, -0.2) is 12.6 Å². The van der Waals surface area contributed by atoms with Crippen molar-refractivity contribution < 1.29 is 9.53 Å². The number of hydrogen-bond acceptors (Lipinski definition) is 4. The Balaban J connectivity index is 4.31. The molecule has 0 aromatic carbocycles. The SMILES string of the molecule is C=C(C=CC(=CC)N=O)C(=O)OCC. The lowest BCUT2D eigenvalue weighted by atomic mass is 10.2. The Morgan fingerprint density at radius 3 is 2.57 bits per heavy atom. The normalized spacial score (nSPS) is 11.4. The van der Waals surface area contributed by atoms with Crippen LogP contribution in [0.2, 0.25) is 0 Å². The molecule has 4 heteroatoms. The fourth-order valence-corrected chi connectivity index (χ4v) is 0.657. The summed E-state index contributed by atoms with van der Waals surface area (Å²) in [5.74, 6) is -0.495. The summed E-state index contributed by atoms with van der Waals surface area (Å²) >= 11 is 0. The summed E-state index contributed by atoms with van der Waals surface area (Å²) in [4.78, 5) is 21.2. The maximum absolute atomic E-state index is 11.0. The Morgan fingerprint density at radius 1 is 1.50 bits per heavy atom. The highest BCUT2D eigenvalue weighted by Crippen LogP contribution is 2.03. The van der Waals surface area contributed by atoms with Crippen molar-refractivity contribution in [1.29, 1.82) is 0 Å². The average Bonchev–Trinajstić information content (AvgIpc) is 2.19. The van der Waals surface area contributed by atoms with Gasteiger partial charge >= 0.3 is 5.97 Å². The van der Waals surface area contributed by atoms with Gasteiger partial charge in [-0.05, 0) is 31.2 Å². The number of allylic oxidation sites excluding steroid dienone is 2. The third kappa shape index (κ3) is 4.35. The zero-order chi connectivity index (χ0) is 11.0. The van der Waals surface area contributed by atoms with Crippen molar-refractivity contribution in [2.75, 3.05) is 6.61 Å². The molecule has 0 amide bonds. The number of nitrogens with zero attached hydrogens (tertiary/aromatic N) is 1. The average molecular weight is 195 g/mol. The van der Waals surface area contributed by atoms with Gasteiger partial charge in [0.05, 0.1) is 12.2 Å². The molecule has 0 aromatic heterocycles. The first-order valence-electron chi connectivity index (χ1n) is 4.19. The summed E-state index contributed by atoms with van der Waals surface area (Å²) in [5.41, 5.74) is 0.435. The van der Waals surface area contributed by atoms with Crippen LogP contribution in [0, 0.1) is 4.91 Å². The van der Waals surface area contributed by atoms with E-state index in [2.05, 4.69) is 16.5 Å². The van der Waals surface area contributed by atoms with Gasteiger partial charge in [-0.25, -0.2) is 4.79 Å². The topological polar surface area (TPSA) is 55.7 Å². The molecule has 0 bridgehead atoms. The Hall–Kier alpha value is -1.71. The van der Waals surface area contributed by atoms with E-state index in [0.717, 1.165) is 0 Å². The molecule has 0 N–H and O–H groups in total. The highest BCUT2D eigenvalue weighted by molar-refractivity contribution is 5.90. The molecule has 0 radical (unpaired) electrons. The third-order valence-electron chi connectivity index (χ3n) is 1.39. The highest BCUT2D eigenvalue weighted by Gasteiger charge is 2.03. The minimum Gasteiger partial charge on any atom is -0.462 e. The third-order valence-corrected chi connectivity index (χ3v) is 1.39. The first-order valence-corrected chi connectivity index (χ1v) is 4.19. The predicted octanol–water partition coefficient (Wildman–Crippen LogP) is 2.33. The first-order chi connectivity index (χ1) is 6.65. The van der Waals surface area contributed by atoms with Crippen LogP contribution >= 0.6 is 0 Å². The molecule has 0 unspecified atom stereocenters. The first kappa shape index (κ1) is 12.3. The number of carbonyl (C=O) groups excluding carboxylic acids is 1. The summed E-state index contributed by atoms with van der Waals surface area (Å²) in [5, 5.41) is 2.71. The van der Waals surface area contributed by atoms with Crippen LogP contribution < -0.4 is 0 Å². The van der Waals surface area contributed by atoms with Gasteiger partial charge in [-0.15, -0.1) is 4.91 Å².